The number of nitrogens with zero attached hydrogens (tertiary/aromatic N) is 3. The first-order valence-corrected chi connectivity index (χ1v) is 5.66. The Hall–Kier alpha value is -1.75. The van der Waals surface area contributed by atoms with Crippen LogP contribution in [0.5, 0.6) is 0 Å². The van der Waals surface area contributed by atoms with Gasteiger partial charge in [0.25, 0.3) is 0 Å². The van der Waals surface area contributed by atoms with Crippen molar-refractivity contribution in [1.29, 1.82) is 0 Å². The van der Waals surface area contributed by atoms with Gasteiger partial charge in [0.15, 0.2) is 5.82 Å². The molecule has 94 valence electrons. The molecule has 0 saturated carbocycles. The van der Waals surface area contributed by atoms with Gasteiger partial charge in [0, 0.05) is 12.4 Å². The molecule has 0 radical (unpaired) electrons. The van der Waals surface area contributed by atoms with E-state index >= 15 is 0 Å². The predicted molar refractivity (Wildman–Crippen MR) is 65.8 cm³/mol. The maximum absolute atomic E-state index is 13.6. The summed E-state index contributed by atoms with van der Waals surface area (Å²) in [6, 6.07) is 2.77. The molecule has 18 heavy (non-hydrogen) atoms. The van der Waals surface area contributed by atoms with Crippen molar-refractivity contribution in [3.8, 4) is 11.4 Å². The molecule has 0 fully saturated rings. The Labute approximate surface area is 108 Å². The summed E-state index contributed by atoms with van der Waals surface area (Å²) in [5.41, 5.74) is -0.541. The summed E-state index contributed by atoms with van der Waals surface area (Å²) in [6.45, 7) is 3.36. The van der Waals surface area contributed by atoms with Gasteiger partial charge in [0.2, 0.25) is 0 Å². The molecule has 0 saturated heterocycles. The highest BCUT2D eigenvalue weighted by molar-refractivity contribution is 6.32. The average molecular weight is 268 g/mol. The zero-order valence-electron chi connectivity index (χ0n) is 9.89. The molecule has 0 aliphatic carbocycles. The molecule has 0 N–H and O–H groups in total. The van der Waals surface area contributed by atoms with E-state index in [1.165, 1.54) is 29.2 Å². The number of pyridine rings is 1. The van der Waals surface area contributed by atoms with Gasteiger partial charge in [-0.3, -0.25) is 9.67 Å². The lowest BCUT2D eigenvalue weighted by Crippen LogP contribution is -2.28. The van der Waals surface area contributed by atoms with Gasteiger partial charge in [-0.05, 0) is 26.0 Å². The van der Waals surface area contributed by atoms with Crippen LogP contribution >= 0.6 is 11.6 Å². The summed E-state index contributed by atoms with van der Waals surface area (Å²) in [6.07, 6.45) is 3.69. The summed E-state index contributed by atoms with van der Waals surface area (Å²) in [4.78, 5) is 14.9. The Balaban J connectivity index is 2.55. The van der Waals surface area contributed by atoms with Crippen molar-refractivity contribution >= 4 is 17.9 Å². The van der Waals surface area contributed by atoms with Gasteiger partial charge in [-0.25, -0.2) is 4.39 Å². The number of hydrogen-bond donors (Lipinski definition) is 0. The van der Waals surface area contributed by atoms with E-state index in [9.17, 15) is 9.18 Å². The van der Waals surface area contributed by atoms with E-state index in [1.54, 1.807) is 13.8 Å². The van der Waals surface area contributed by atoms with Crippen LogP contribution in [0.4, 0.5) is 4.39 Å². The second-order valence-electron chi connectivity index (χ2n) is 4.38. The maximum atomic E-state index is 13.6. The van der Waals surface area contributed by atoms with Crippen molar-refractivity contribution in [2.24, 2.45) is 0 Å². The van der Waals surface area contributed by atoms with Gasteiger partial charge in [-0.2, -0.15) is 5.10 Å². The molecule has 2 aromatic rings. The van der Waals surface area contributed by atoms with E-state index in [-0.39, 0.29) is 16.4 Å². The Morgan fingerprint density at radius 1 is 1.44 bits per heavy atom. The monoisotopic (exact) mass is 267 g/mol. The minimum atomic E-state index is -0.840. The molecule has 0 aromatic carbocycles. The third-order valence-electron chi connectivity index (χ3n) is 2.53. The number of aldehydes is 1. The van der Waals surface area contributed by atoms with E-state index in [0.717, 1.165) is 6.29 Å². The summed E-state index contributed by atoms with van der Waals surface area (Å²) in [5.74, 6) is -0.506. The van der Waals surface area contributed by atoms with E-state index in [1.807, 2.05) is 0 Å². The van der Waals surface area contributed by atoms with Gasteiger partial charge < -0.3 is 4.79 Å². The highest BCUT2D eigenvalue weighted by atomic mass is 35.5. The fourth-order valence-corrected chi connectivity index (χ4v) is 1.64. The molecule has 0 atom stereocenters. The zero-order valence-corrected chi connectivity index (χ0v) is 10.6. The molecule has 0 aliphatic heterocycles. The number of rotatable bonds is 3. The SMILES string of the molecule is CC(C)(C=O)n1cc(Cl)c(-c2ncccc2F)n1. The second-order valence-corrected chi connectivity index (χ2v) is 4.78. The predicted octanol–water partition coefficient (Wildman–Crippen LogP) is 2.67. The molecular formula is C12H11ClFN3O. The molecule has 2 aromatic heterocycles. The third-order valence-corrected chi connectivity index (χ3v) is 2.81. The van der Waals surface area contributed by atoms with Crippen LogP contribution in [0, 0.1) is 5.82 Å². The highest BCUT2D eigenvalue weighted by Crippen LogP contribution is 2.28. The standard InChI is InChI=1S/C12H11ClFN3O/c1-12(2,7-18)17-6-8(13)10(16-17)11-9(14)4-3-5-15-11/h3-7H,1-2H3. The van der Waals surface area contributed by atoms with Gasteiger partial charge >= 0.3 is 0 Å². The van der Waals surface area contributed by atoms with Crippen LogP contribution in [-0.2, 0) is 10.3 Å². The average Bonchev–Trinajstić information content (AvgIpc) is 2.73. The van der Waals surface area contributed by atoms with Gasteiger partial charge in [-0.15, -0.1) is 0 Å². The van der Waals surface area contributed by atoms with E-state index in [0.29, 0.717) is 0 Å². The van der Waals surface area contributed by atoms with Crippen LogP contribution in [-0.4, -0.2) is 21.1 Å². The summed E-state index contributed by atoms with van der Waals surface area (Å²) < 4.78 is 15.0. The zero-order chi connectivity index (χ0) is 13.3. The van der Waals surface area contributed by atoms with Crippen LogP contribution in [0.3, 0.4) is 0 Å². The van der Waals surface area contributed by atoms with Crippen molar-refractivity contribution < 1.29 is 9.18 Å². The Morgan fingerprint density at radius 3 is 2.78 bits per heavy atom. The van der Waals surface area contributed by atoms with E-state index < -0.39 is 11.4 Å². The largest absolute Gasteiger partial charge is 0.301 e. The van der Waals surface area contributed by atoms with Crippen LogP contribution in [0.25, 0.3) is 11.4 Å². The van der Waals surface area contributed by atoms with Crippen molar-refractivity contribution in [2.45, 2.75) is 19.4 Å². The quantitative estimate of drug-likeness (QED) is 0.804. The first-order valence-electron chi connectivity index (χ1n) is 5.28. The van der Waals surface area contributed by atoms with E-state index in [4.69, 9.17) is 11.6 Å². The molecular weight excluding hydrogens is 257 g/mol. The molecule has 2 rings (SSSR count). The molecule has 0 unspecified atom stereocenters. The van der Waals surface area contributed by atoms with Crippen LogP contribution < -0.4 is 0 Å². The normalized spacial score (nSPS) is 11.6. The molecule has 6 heteroatoms. The molecule has 0 aliphatic rings. The Bertz CT molecular complexity index is 595. The number of aromatic nitrogens is 3. The number of carbonyl (C=O) groups excluding carboxylic acids is 1. The van der Waals surface area contributed by atoms with Crippen LogP contribution in [0.15, 0.2) is 24.5 Å². The van der Waals surface area contributed by atoms with Crippen LogP contribution in [0.2, 0.25) is 5.02 Å². The van der Waals surface area contributed by atoms with Gasteiger partial charge in [-0.1, -0.05) is 11.6 Å². The topological polar surface area (TPSA) is 47.8 Å². The number of halogens is 2. The lowest BCUT2D eigenvalue weighted by Gasteiger charge is -2.16. The highest BCUT2D eigenvalue weighted by Gasteiger charge is 2.23. The number of hydrogen-bond acceptors (Lipinski definition) is 3. The minimum absolute atomic E-state index is 0.0722. The summed E-state index contributed by atoms with van der Waals surface area (Å²) in [7, 11) is 0. The second kappa shape index (κ2) is 4.49. The maximum Gasteiger partial charge on any atom is 0.151 e. The van der Waals surface area contributed by atoms with Crippen molar-refractivity contribution in [1.82, 2.24) is 14.8 Å². The fraction of sp³-hybridized carbons (Fsp3) is 0.250. The third kappa shape index (κ3) is 2.13. The van der Waals surface area contributed by atoms with Crippen molar-refractivity contribution in [3.05, 3.63) is 35.4 Å². The summed E-state index contributed by atoms with van der Waals surface area (Å²) >= 11 is 6.01. The van der Waals surface area contributed by atoms with Gasteiger partial charge in [0.1, 0.15) is 23.2 Å². The van der Waals surface area contributed by atoms with E-state index in [2.05, 4.69) is 10.1 Å². The minimum Gasteiger partial charge on any atom is -0.301 e. The lowest BCUT2D eigenvalue weighted by atomic mass is 10.1. The van der Waals surface area contributed by atoms with Crippen LogP contribution in [0.1, 0.15) is 13.8 Å². The number of carbonyl (C=O) groups is 1. The van der Waals surface area contributed by atoms with Crippen molar-refractivity contribution in [2.75, 3.05) is 0 Å². The molecule has 4 nitrogen and oxygen atoms in total. The first-order chi connectivity index (χ1) is 8.45. The van der Waals surface area contributed by atoms with Crippen molar-refractivity contribution in [3.63, 3.8) is 0 Å². The summed E-state index contributed by atoms with van der Waals surface area (Å²) in [5, 5.41) is 4.39. The fourth-order valence-electron chi connectivity index (χ4n) is 1.42. The Kier molecular flexibility index (Phi) is 3.17. The molecule has 0 amide bonds. The molecule has 0 spiro atoms. The van der Waals surface area contributed by atoms with Gasteiger partial charge in [0.05, 0.1) is 5.02 Å². The smallest absolute Gasteiger partial charge is 0.151 e. The Morgan fingerprint density at radius 2 is 2.17 bits per heavy atom. The molecule has 0 bridgehead atoms. The first kappa shape index (κ1) is 12.7. The lowest BCUT2D eigenvalue weighted by molar-refractivity contribution is -0.114. The molecule has 2 heterocycles.